The van der Waals surface area contributed by atoms with E-state index >= 15 is 0 Å². The standard InChI is InChI=1S/C19H19N3O4/c1-24-15-6-8-21-17(10-15)19(23)22-16-7-9-25-12-18(16)26-14-4-2-13(11-20)3-5-14/h2-6,8,10,16,18H,7,9,12H2,1H3,(H,22,23)/t16-,18-/m1/s1. The van der Waals surface area contributed by atoms with Crippen molar-refractivity contribution < 1.29 is 19.0 Å². The zero-order valence-electron chi connectivity index (χ0n) is 14.3. The Morgan fingerprint density at radius 2 is 2.12 bits per heavy atom. The van der Waals surface area contributed by atoms with Gasteiger partial charge in [0.15, 0.2) is 0 Å². The summed E-state index contributed by atoms with van der Waals surface area (Å²) in [6.07, 6.45) is 1.84. The van der Waals surface area contributed by atoms with E-state index in [0.717, 1.165) is 0 Å². The van der Waals surface area contributed by atoms with Crippen LogP contribution in [0.2, 0.25) is 0 Å². The van der Waals surface area contributed by atoms with Gasteiger partial charge in [-0.1, -0.05) is 0 Å². The first-order valence-corrected chi connectivity index (χ1v) is 8.25. The van der Waals surface area contributed by atoms with Crippen molar-refractivity contribution in [1.29, 1.82) is 5.26 Å². The van der Waals surface area contributed by atoms with Crippen LogP contribution in [-0.4, -0.2) is 43.4 Å². The van der Waals surface area contributed by atoms with Gasteiger partial charge in [0.05, 0.1) is 31.4 Å². The van der Waals surface area contributed by atoms with E-state index in [9.17, 15) is 4.79 Å². The first-order valence-electron chi connectivity index (χ1n) is 8.25. The number of carbonyl (C=O) groups excluding carboxylic acids is 1. The Balaban J connectivity index is 1.68. The predicted octanol–water partition coefficient (Wildman–Crippen LogP) is 1.93. The van der Waals surface area contributed by atoms with Gasteiger partial charge in [0, 0.05) is 18.9 Å². The molecule has 0 aliphatic carbocycles. The average molecular weight is 353 g/mol. The maximum atomic E-state index is 12.5. The van der Waals surface area contributed by atoms with Crippen LogP contribution in [0.5, 0.6) is 11.5 Å². The molecule has 2 heterocycles. The van der Waals surface area contributed by atoms with Gasteiger partial charge in [-0.05, 0) is 36.8 Å². The van der Waals surface area contributed by atoms with E-state index in [1.54, 1.807) is 36.4 Å². The third kappa shape index (κ3) is 4.29. The molecular formula is C19H19N3O4. The molecule has 0 unspecified atom stereocenters. The number of benzene rings is 1. The van der Waals surface area contributed by atoms with Gasteiger partial charge in [-0.25, -0.2) is 0 Å². The fourth-order valence-electron chi connectivity index (χ4n) is 2.68. The van der Waals surface area contributed by atoms with Gasteiger partial charge < -0.3 is 19.5 Å². The van der Waals surface area contributed by atoms with Crippen LogP contribution >= 0.6 is 0 Å². The second-order valence-electron chi connectivity index (χ2n) is 5.82. The van der Waals surface area contributed by atoms with Crippen LogP contribution in [0.15, 0.2) is 42.6 Å². The summed E-state index contributed by atoms with van der Waals surface area (Å²) in [6.45, 7) is 0.917. The number of rotatable bonds is 5. The second kappa shape index (κ2) is 8.32. The Hall–Kier alpha value is -3.11. The summed E-state index contributed by atoms with van der Waals surface area (Å²) in [5, 5.41) is 11.8. The normalized spacial score (nSPS) is 19.2. The minimum Gasteiger partial charge on any atom is -0.497 e. The molecule has 134 valence electrons. The molecule has 0 spiro atoms. The predicted molar refractivity (Wildman–Crippen MR) is 93.1 cm³/mol. The van der Waals surface area contributed by atoms with Crippen molar-refractivity contribution in [2.24, 2.45) is 0 Å². The van der Waals surface area contributed by atoms with Crippen LogP contribution in [0, 0.1) is 11.3 Å². The lowest BCUT2D eigenvalue weighted by Gasteiger charge is -2.32. The lowest BCUT2D eigenvalue weighted by molar-refractivity contribution is -0.0135. The van der Waals surface area contributed by atoms with Crippen molar-refractivity contribution in [3.63, 3.8) is 0 Å². The highest BCUT2D eigenvalue weighted by Gasteiger charge is 2.29. The van der Waals surface area contributed by atoms with Crippen molar-refractivity contribution >= 4 is 5.91 Å². The highest BCUT2D eigenvalue weighted by Crippen LogP contribution is 2.19. The summed E-state index contributed by atoms with van der Waals surface area (Å²) >= 11 is 0. The number of nitriles is 1. The summed E-state index contributed by atoms with van der Waals surface area (Å²) in [5.41, 5.74) is 0.846. The largest absolute Gasteiger partial charge is 0.497 e. The molecule has 1 N–H and O–H groups in total. The Labute approximate surface area is 151 Å². The highest BCUT2D eigenvalue weighted by atomic mass is 16.5. The fourth-order valence-corrected chi connectivity index (χ4v) is 2.68. The van der Waals surface area contributed by atoms with E-state index in [-0.39, 0.29) is 23.7 Å². The van der Waals surface area contributed by atoms with Crippen molar-refractivity contribution in [3.05, 3.63) is 53.9 Å². The molecule has 1 fully saturated rings. The maximum Gasteiger partial charge on any atom is 0.270 e. The van der Waals surface area contributed by atoms with E-state index in [4.69, 9.17) is 19.5 Å². The number of ether oxygens (including phenoxy) is 3. The lowest BCUT2D eigenvalue weighted by atomic mass is 10.1. The molecule has 1 saturated heterocycles. The van der Waals surface area contributed by atoms with Crippen molar-refractivity contribution in [3.8, 4) is 17.6 Å². The molecule has 2 aromatic rings. The molecule has 26 heavy (non-hydrogen) atoms. The van der Waals surface area contributed by atoms with Gasteiger partial charge in [-0.15, -0.1) is 0 Å². The third-order valence-corrected chi connectivity index (χ3v) is 4.09. The smallest absolute Gasteiger partial charge is 0.270 e. The summed E-state index contributed by atoms with van der Waals surface area (Å²) < 4.78 is 16.6. The van der Waals surface area contributed by atoms with Crippen LogP contribution in [0.3, 0.4) is 0 Å². The van der Waals surface area contributed by atoms with Crippen molar-refractivity contribution in [1.82, 2.24) is 10.3 Å². The Morgan fingerprint density at radius 1 is 1.31 bits per heavy atom. The van der Waals surface area contributed by atoms with E-state index in [1.165, 1.54) is 13.3 Å². The monoisotopic (exact) mass is 353 g/mol. The van der Waals surface area contributed by atoms with Crippen LogP contribution in [0.4, 0.5) is 0 Å². The molecule has 0 radical (unpaired) electrons. The quantitative estimate of drug-likeness (QED) is 0.883. The number of nitrogens with one attached hydrogen (secondary N) is 1. The topological polar surface area (TPSA) is 93.5 Å². The summed E-state index contributed by atoms with van der Waals surface area (Å²) in [6, 6.07) is 12.0. The number of hydrogen-bond acceptors (Lipinski definition) is 6. The SMILES string of the molecule is COc1ccnc(C(=O)N[C@@H]2CCOC[C@H]2Oc2ccc(C#N)cc2)c1. The summed E-state index contributed by atoms with van der Waals surface area (Å²) in [7, 11) is 1.54. The Bertz CT molecular complexity index is 801. The van der Waals surface area contributed by atoms with E-state index in [2.05, 4.69) is 16.4 Å². The van der Waals surface area contributed by atoms with E-state index in [1.807, 2.05) is 0 Å². The minimum atomic E-state index is -0.328. The first kappa shape index (κ1) is 17.7. The molecule has 0 saturated carbocycles. The van der Waals surface area contributed by atoms with Crippen LogP contribution in [0.1, 0.15) is 22.5 Å². The molecular weight excluding hydrogens is 334 g/mol. The van der Waals surface area contributed by atoms with Gasteiger partial charge in [0.1, 0.15) is 23.3 Å². The molecule has 1 aromatic heterocycles. The van der Waals surface area contributed by atoms with Gasteiger partial charge >= 0.3 is 0 Å². The Morgan fingerprint density at radius 3 is 2.85 bits per heavy atom. The van der Waals surface area contributed by atoms with Crippen molar-refractivity contribution in [2.45, 2.75) is 18.6 Å². The maximum absolute atomic E-state index is 12.5. The highest BCUT2D eigenvalue weighted by molar-refractivity contribution is 5.92. The van der Waals surface area contributed by atoms with Crippen LogP contribution in [-0.2, 0) is 4.74 Å². The van der Waals surface area contributed by atoms with Gasteiger partial charge in [-0.3, -0.25) is 9.78 Å². The number of hydrogen-bond donors (Lipinski definition) is 1. The molecule has 3 rings (SSSR count). The molecule has 1 amide bonds. The van der Waals surface area contributed by atoms with E-state index < -0.39 is 0 Å². The molecule has 1 aliphatic heterocycles. The van der Waals surface area contributed by atoms with Crippen molar-refractivity contribution in [2.75, 3.05) is 20.3 Å². The number of pyridine rings is 1. The van der Waals surface area contributed by atoms with Crippen LogP contribution in [0.25, 0.3) is 0 Å². The summed E-state index contributed by atoms with van der Waals surface area (Å²) in [4.78, 5) is 16.6. The van der Waals surface area contributed by atoms with Gasteiger partial charge in [0.25, 0.3) is 5.91 Å². The molecule has 2 atom stereocenters. The molecule has 1 aliphatic rings. The van der Waals surface area contributed by atoms with Gasteiger partial charge in [0.2, 0.25) is 0 Å². The molecule has 0 bridgehead atoms. The van der Waals surface area contributed by atoms with E-state index in [0.29, 0.717) is 36.7 Å². The second-order valence-corrected chi connectivity index (χ2v) is 5.82. The molecule has 1 aromatic carbocycles. The third-order valence-electron chi connectivity index (χ3n) is 4.09. The zero-order chi connectivity index (χ0) is 18.4. The Kier molecular flexibility index (Phi) is 5.66. The van der Waals surface area contributed by atoms with Crippen LogP contribution < -0.4 is 14.8 Å². The fraction of sp³-hybridized carbons (Fsp3) is 0.316. The summed E-state index contributed by atoms with van der Waals surface area (Å²) in [5.74, 6) is 0.907. The number of methoxy groups -OCH3 is 1. The number of aromatic nitrogens is 1. The number of amides is 1. The zero-order valence-corrected chi connectivity index (χ0v) is 14.3. The molecule has 7 nitrogen and oxygen atoms in total. The average Bonchev–Trinajstić information content (AvgIpc) is 2.70. The number of carbonyl (C=O) groups is 1. The first-order chi connectivity index (χ1) is 12.7. The molecule has 7 heteroatoms. The lowest BCUT2D eigenvalue weighted by Crippen LogP contribution is -2.51. The van der Waals surface area contributed by atoms with Gasteiger partial charge in [-0.2, -0.15) is 5.26 Å². The minimum absolute atomic E-state index is 0.208. The number of nitrogens with zero attached hydrogens (tertiary/aromatic N) is 2.